The Hall–Kier alpha value is -2.85. The van der Waals surface area contributed by atoms with Crippen molar-refractivity contribution in [2.45, 2.75) is 39.7 Å². The number of nitrogens with zero attached hydrogens (tertiary/aromatic N) is 1. The number of rotatable bonds is 7. The molecule has 0 saturated heterocycles. The SMILES string of the molecule is Cc1ccc(C(C)C)cc1OCC(=O)O[C@H](C)C(=O)Nc1sccc1C#N. The van der Waals surface area contributed by atoms with E-state index in [0.29, 0.717) is 22.2 Å². The molecule has 6 nitrogen and oxygen atoms in total. The normalized spacial score (nSPS) is 11.6. The summed E-state index contributed by atoms with van der Waals surface area (Å²) in [7, 11) is 0. The van der Waals surface area contributed by atoms with Crippen molar-refractivity contribution in [1.82, 2.24) is 0 Å². The summed E-state index contributed by atoms with van der Waals surface area (Å²) >= 11 is 1.23. The predicted molar refractivity (Wildman–Crippen MR) is 104 cm³/mol. The van der Waals surface area contributed by atoms with Crippen LogP contribution in [0.3, 0.4) is 0 Å². The Morgan fingerprint density at radius 1 is 1.26 bits per heavy atom. The first kappa shape index (κ1) is 20.5. The Labute approximate surface area is 162 Å². The standard InChI is InChI=1S/C20H22N2O4S/c1-12(2)15-6-5-13(3)17(9-15)25-11-18(23)26-14(4)19(24)22-20-16(10-21)7-8-27-20/h5-9,12,14H,11H2,1-4H3,(H,22,24)/t14-/m1/s1. The number of aryl methyl sites for hydroxylation is 1. The highest BCUT2D eigenvalue weighted by atomic mass is 32.1. The lowest BCUT2D eigenvalue weighted by Gasteiger charge is -2.15. The van der Waals surface area contributed by atoms with Crippen LogP contribution in [0.2, 0.25) is 0 Å². The Bertz CT molecular complexity index is 867. The van der Waals surface area contributed by atoms with Crippen LogP contribution in [-0.4, -0.2) is 24.6 Å². The maximum Gasteiger partial charge on any atom is 0.344 e. The number of esters is 1. The lowest BCUT2D eigenvalue weighted by atomic mass is 10.0. The quantitative estimate of drug-likeness (QED) is 0.727. The Morgan fingerprint density at radius 3 is 2.67 bits per heavy atom. The van der Waals surface area contributed by atoms with Gasteiger partial charge in [-0.25, -0.2) is 4.79 Å². The van der Waals surface area contributed by atoms with Crippen LogP contribution in [0.15, 0.2) is 29.6 Å². The summed E-state index contributed by atoms with van der Waals surface area (Å²) in [6.45, 7) is 7.23. The highest BCUT2D eigenvalue weighted by Gasteiger charge is 2.20. The molecule has 1 N–H and O–H groups in total. The fourth-order valence-electron chi connectivity index (χ4n) is 2.26. The molecule has 0 bridgehead atoms. The number of nitrogens with one attached hydrogen (secondary N) is 1. The van der Waals surface area contributed by atoms with Crippen molar-refractivity contribution in [3.05, 3.63) is 46.3 Å². The third-order valence-corrected chi connectivity index (χ3v) is 4.75. The first-order chi connectivity index (χ1) is 12.8. The van der Waals surface area contributed by atoms with Crippen LogP contribution in [0.1, 0.15) is 43.4 Å². The number of hydrogen-bond acceptors (Lipinski definition) is 6. The molecule has 0 spiro atoms. The van der Waals surface area contributed by atoms with E-state index in [1.165, 1.54) is 18.3 Å². The summed E-state index contributed by atoms with van der Waals surface area (Å²) in [5.41, 5.74) is 2.40. The van der Waals surface area contributed by atoms with Crippen molar-refractivity contribution in [3.63, 3.8) is 0 Å². The summed E-state index contributed by atoms with van der Waals surface area (Å²) in [6.07, 6.45) is -1.00. The van der Waals surface area contributed by atoms with E-state index in [2.05, 4.69) is 19.2 Å². The van der Waals surface area contributed by atoms with Gasteiger partial charge in [-0.1, -0.05) is 26.0 Å². The maximum absolute atomic E-state index is 12.1. The molecule has 142 valence electrons. The largest absolute Gasteiger partial charge is 0.482 e. The smallest absolute Gasteiger partial charge is 0.344 e. The van der Waals surface area contributed by atoms with Crippen molar-refractivity contribution in [2.75, 3.05) is 11.9 Å². The van der Waals surface area contributed by atoms with Crippen molar-refractivity contribution in [2.24, 2.45) is 0 Å². The fraction of sp³-hybridized carbons (Fsp3) is 0.350. The summed E-state index contributed by atoms with van der Waals surface area (Å²) < 4.78 is 10.7. The molecule has 1 atom stereocenters. The van der Waals surface area contributed by atoms with E-state index in [4.69, 9.17) is 14.7 Å². The third kappa shape index (κ3) is 5.56. The van der Waals surface area contributed by atoms with Gasteiger partial charge in [0.1, 0.15) is 16.8 Å². The maximum atomic E-state index is 12.1. The van der Waals surface area contributed by atoms with Crippen LogP contribution in [0.4, 0.5) is 5.00 Å². The molecule has 1 amide bonds. The number of thiophene rings is 1. The molecule has 1 heterocycles. The number of amides is 1. The van der Waals surface area contributed by atoms with Crippen LogP contribution in [0.5, 0.6) is 5.75 Å². The zero-order chi connectivity index (χ0) is 20.0. The lowest BCUT2D eigenvalue weighted by Crippen LogP contribution is -2.31. The van der Waals surface area contributed by atoms with Crippen molar-refractivity contribution in [3.8, 4) is 11.8 Å². The second kappa shape index (κ2) is 9.19. The van der Waals surface area contributed by atoms with E-state index in [1.807, 2.05) is 31.2 Å². The summed E-state index contributed by atoms with van der Waals surface area (Å²) in [5, 5.41) is 13.7. The second-order valence-electron chi connectivity index (χ2n) is 6.36. The Kier molecular flexibility index (Phi) is 6.97. The van der Waals surface area contributed by atoms with Crippen LogP contribution in [-0.2, 0) is 14.3 Å². The molecule has 0 saturated carbocycles. The average Bonchev–Trinajstić information content (AvgIpc) is 3.07. The van der Waals surface area contributed by atoms with Crippen LogP contribution < -0.4 is 10.1 Å². The first-order valence-electron chi connectivity index (χ1n) is 8.53. The minimum absolute atomic E-state index is 0.289. The van der Waals surface area contributed by atoms with Gasteiger partial charge in [-0.3, -0.25) is 4.79 Å². The van der Waals surface area contributed by atoms with E-state index in [9.17, 15) is 9.59 Å². The van der Waals surface area contributed by atoms with Gasteiger partial charge in [0.2, 0.25) is 0 Å². The number of anilines is 1. The van der Waals surface area contributed by atoms with Gasteiger partial charge in [0.15, 0.2) is 12.7 Å². The summed E-state index contributed by atoms with van der Waals surface area (Å²) in [6, 6.07) is 9.47. The van der Waals surface area contributed by atoms with Gasteiger partial charge in [0.05, 0.1) is 5.56 Å². The van der Waals surface area contributed by atoms with Gasteiger partial charge >= 0.3 is 5.97 Å². The molecule has 0 fully saturated rings. The van der Waals surface area contributed by atoms with E-state index < -0.39 is 18.0 Å². The third-order valence-electron chi connectivity index (χ3n) is 3.92. The molecular formula is C20H22N2O4S. The molecule has 7 heteroatoms. The predicted octanol–water partition coefficient (Wildman–Crippen LogP) is 4.00. The summed E-state index contributed by atoms with van der Waals surface area (Å²) in [5.74, 6) is -0.175. The van der Waals surface area contributed by atoms with Gasteiger partial charge in [-0.2, -0.15) is 5.26 Å². The number of nitriles is 1. The molecule has 2 rings (SSSR count). The minimum atomic E-state index is -1.00. The molecule has 1 aromatic heterocycles. The molecule has 1 aromatic carbocycles. The molecule has 0 radical (unpaired) electrons. The molecule has 0 aliphatic rings. The molecule has 0 unspecified atom stereocenters. The molecular weight excluding hydrogens is 364 g/mol. The van der Waals surface area contributed by atoms with Gasteiger partial charge in [-0.05, 0) is 48.4 Å². The molecule has 0 aliphatic heterocycles. The average molecular weight is 386 g/mol. The molecule has 27 heavy (non-hydrogen) atoms. The number of carbonyl (C=O) groups excluding carboxylic acids is 2. The highest BCUT2D eigenvalue weighted by molar-refractivity contribution is 7.14. The van der Waals surface area contributed by atoms with Gasteiger partial charge in [0.25, 0.3) is 5.91 Å². The monoisotopic (exact) mass is 386 g/mol. The van der Waals surface area contributed by atoms with Gasteiger partial charge in [0, 0.05) is 0 Å². The first-order valence-corrected chi connectivity index (χ1v) is 9.41. The minimum Gasteiger partial charge on any atom is -0.482 e. The van der Waals surface area contributed by atoms with Gasteiger partial charge in [-0.15, -0.1) is 11.3 Å². The second-order valence-corrected chi connectivity index (χ2v) is 7.28. The van der Waals surface area contributed by atoms with E-state index in [0.717, 1.165) is 11.1 Å². The van der Waals surface area contributed by atoms with Crippen molar-refractivity contribution >= 4 is 28.2 Å². The van der Waals surface area contributed by atoms with E-state index >= 15 is 0 Å². The van der Waals surface area contributed by atoms with Crippen LogP contribution in [0, 0.1) is 18.3 Å². The number of ether oxygens (including phenoxy) is 2. The topological polar surface area (TPSA) is 88.4 Å². The van der Waals surface area contributed by atoms with E-state index in [1.54, 1.807) is 11.4 Å². The van der Waals surface area contributed by atoms with Gasteiger partial charge < -0.3 is 14.8 Å². The van der Waals surface area contributed by atoms with Crippen molar-refractivity contribution < 1.29 is 19.1 Å². The molecule has 0 aliphatic carbocycles. The van der Waals surface area contributed by atoms with Crippen molar-refractivity contribution in [1.29, 1.82) is 5.26 Å². The lowest BCUT2D eigenvalue weighted by molar-refractivity contribution is -0.155. The highest BCUT2D eigenvalue weighted by Crippen LogP contribution is 2.24. The molecule has 2 aromatic rings. The number of carbonyl (C=O) groups is 2. The van der Waals surface area contributed by atoms with Crippen LogP contribution >= 0.6 is 11.3 Å². The summed E-state index contributed by atoms with van der Waals surface area (Å²) in [4.78, 5) is 24.1. The van der Waals surface area contributed by atoms with E-state index in [-0.39, 0.29) is 6.61 Å². The Balaban J connectivity index is 1.89. The zero-order valence-electron chi connectivity index (χ0n) is 15.7. The fourth-order valence-corrected chi connectivity index (χ4v) is 3.00. The zero-order valence-corrected chi connectivity index (χ0v) is 16.6. The Morgan fingerprint density at radius 2 is 2.00 bits per heavy atom. The number of benzene rings is 1. The number of hydrogen-bond donors (Lipinski definition) is 1. The van der Waals surface area contributed by atoms with Crippen LogP contribution in [0.25, 0.3) is 0 Å².